The highest BCUT2D eigenvalue weighted by atomic mass is 16.7. The summed E-state index contributed by atoms with van der Waals surface area (Å²) in [6.45, 7) is 20.3. The molecule has 2 N–H and O–H groups in total. The van der Waals surface area contributed by atoms with Gasteiger partial charge in [-0.3, -0.25) is 14.9 Å². The van der Waals surface area contributed by atoms with Crippen LogP contribution < -0.4 is 14.8 Å². The van der Waals surface area contributed by atoms with Crippen LogP contribution in [0.2, 0.25) is 0 Å². The summed E-state index contributed by atoms with van der Waals surface area (Å²) in [5.41, 5.74) is -2.90. The summed E-state index contributed by atoms with van der Waals surface area (Å²) in [4.78, 5) is 50.3. The van der Waals surface area contributed by atoms with Gasteiger partial charge in [-0.1, -0.05) is 68.4 Å². The molecule has 0 aromatic heterocycles. The van der Waals surface area contributed by atoms with Crippen molar-refractivity contribution in [3.63, 3.8) is 0 Å². The number of carbonyl (C=O) groups is 4. The van der Waals surface area contributed by atoms with Crippen molar-refractivity contribution < 1.29 is 43.2 Å². The number of aliphatic carboxylic acids is 1. The predicted molar refractivity (Wildman–Crippen MR) is 150 cm³/mol. The molecular formula is C30H47NO9. The molecule has 0 fully saturated rings. The van der Waals surface area contributed by atoms with Crippen LogP contribution in [0.3, 0.4) is 0 Å². The molecule has 0 saturated heterocycles. The van der Waals surface area contributed by atoms with Gasteiger partial charge in [0, 0.05) is 12.5 Å². The Morgan fingerprint density at radius 1 is 0.800 bits per heavy atom. The third-order valence-corrected chi connectivity index (χ3v) is 5.01. The minimum absolute atomic E-state index is 0.0171. The van der Waals surface area contributed by atoms with Crippen LogP contribution in [0.15, 0.2) is 18.2 Å². The molecule has 1 rings (SSSR count). The van der Waals surface area contributed by atoms with Gasteiger partial charge in [0.05, 0.1) is 19.4 Å². The second kappa shape index (κ2) is 13.5. The molecule has 226 valence electrons. The van der Waals surface area contributed by atoms with Crippen molar-refractivity contribution in [1.82, 2.24) is 5.32 Å². The van der Waals surface area contributed by atoms with Gasteiger partial charge in [0.15, 0.2) is 11.5 Å². The van der Waals surface area contributed by atoms with Gasteiger partial charge >= 0.3 is 24.1 Å². The Bertz CT molecular complexity index is 1060. The molecule has 0 radical (unpaired) electrons. The van der Waals surface area contributed by atoms with E-state index in [1.807, 2.05) is 62.3 Å². The monoisotopic (exact) mass is 565 g/mol. The smallest absolute Gasteiger partial charge is 0.477 e. The number of nitrogens with one attached hydrogen (secondary N) is 1. The Hall–Kier alpha value is -3.14. The van der Waals surface area contributed by atoms with Crippen molar-refractivity contribution in [1.29, 1.82) is 0 Å². The molecule has 0 heterocycles. The van der Waals surface area contributed by atoms with E-state index < -0.39 is 35.8 Å². The Kier molecular flexibility index (Phi) is 11.8. The SMILES string of the molecule is CC(C)N[C@@](Cc1ccc(OC(=O)CC(C)(C)C)c(OC(=O)CC(C)(C)C)c1)(OC(=O)OCC(C)(C)C)C(=O)O. The molecule has 1 atom stereocenters. The maximum absolute atomic E-state index is 12.7. The lowest BCUT2D eigenvalue weighted by molar-refractivity contribution is -0.167. The molecule has 0 aliphatic carbocycles. The quantitative estimate of drug-likeness (QED) is 0.190. The molecule has 0 spiro atoms. The molecule has 0 aliphatic rings. The average Bonchev–Trinajstić information content (AvgIpc) is 2.70. The predicted octanol–water partition coefficient (Wildman–Crippen LogP) is 5.89. The molecule has 1 aromatic carbocycles. The van der Waals surface area contributed by atoms with Gasteiger partial charge in [-0.25, -0.2) is 9.59 Å². The average molecular weight is 566 g/mol. The molecule has 10 nitrogen and oxygen atoms in total. The van der Waals surface area contributed by atoms with Crippen LogP contribution in [-0.2, 0) is 30.3 Å². The molecule has 0 unspecified atom stereocenters. The lowest BCUT2D eigenvalue weighted by atomic mass is 9.92. The summed E-state index contributed by atoms with van der Waals surface area (Å²) in [6.07, 6.45) is -1.28. The van der Waals surface area contributed by atoms with Crippen LogP contribution in [0.1, 0.15) is 94.6 Å². The first-order valence-corrected chi connectivity index (χ1v) is 13.4. The number of carboxylic acids is 1. The minimum atomic E-state index is -2.19. The van der Waals surface area contributed by atoms with E-state index in [0.717, 1.165) is 0 Å². The minimum Gasteiger partial charge on any atom is -0.477 e. The fourth-order valence-corrected chi connectivity index (χ4v) is 3.51. The lowest BCUT2D eigenvalue weighted by Crippen LogP contribution is -2.59. The zero-order valence-corrected chi connectivity index (χ0v) is 25.9. The van der Waals surface area contributed by atoms with Gasteiger partial charge in [-0.05, 0) is 47.8 Å². The van der Waals surface area contributed by atoms with E-state index in [0.29, 0.717) is 5.56 Å². The summed E-state index contributed by atoms with van der Waals surface area (Å²) in [5.74, 6) is -2.54. The highest BCUT2D eigenvalue weighted by molar-refractivity contribution is 5.81. The summed E-state index contributed by atoms with van der Waals surface area (Å²) >= 11 is 0. The largest absolute Gasteiger partial charge is 0.510 e. The second-order valence-corrected chi connectivity index (χ2v) is 14.0. The van der Waals surface area contributed by atoms with Gasteiger partial charge in [-0.15, -0.1) is 0 Å². The Labute approximate surface area is 238 Å². The summed E-state index contributed by atoms with van der Waals surface area (Å²) in [5, 5.41) is 13.0. The topological polar surface area (TPSA) is 137 Å². The number of hydrogen-bond donors (Lipinski definition) is 2. The van der Waals surface area contributed by atoms with Crippen LogP contribution in [0.5, 0.6) is 11.5 Å². The highest BCUT2D eigenvalue weighted by Gasteiger charge is 2.44. The van der Waals surface area contributed by atoms with Gasteiger partial charge in [0.1, 0.15) is 0 Å². The number of esters is 2. The third kappa shape index (κ3) is 13.3. The Balaban J connectivity index is 3.45. The number of ether oxygens (including phenoxy) is 4. The van der Waals surface area contributed by atoms with E-state index in [2.05, 4.69) is 5.32 Å². The van der Waals surface area contributed by atoms with Gasteiger partial charge in [0.2, 0.25) is 0 Å². The molecule has 0 saturated carbocycles. The van der Waals surface area contributed by atoms with E-state index in [9.17, 15) is 24.3 Å². The summed E-state index contributed by atoms with van der Waals surface area (Å²) in [6, 6.07) is 3.96. The van der Waals surface area contributed by atoms with Crippen molar-refractivity contribution in [2.24, 2.45) is 16.2 Å². The normalized spacial score (nSPS) is 13.8. The first-order valence-electron chi connectivity index (χ1n) is 13.4. The maximum Gasteiger partial charge on any atom is 0.510 e. The number of benzene rings is 1. The fourth-order valence-electron chi connectivity index (χ4n) is 3.51. The standard InChI is InChI=1S/C30H47NO9/c1-19(2)31-30(25(34)35,40-26(36)37-18-29(9,10)11)15-20-12-13-21(38-23(32)16-27(3,4)5)22(14-20)39-24(33)17-28(6,7)8/h12-14,19,31H,15-18H2,1-11H3,(H,34,35)/t30-/m0/s1. The van der Waals surface area contributed by atoms with Crippen LogP contribution in [-0.4, -0.2) is 47.5 Å². The number of carbonyl (C=O) groups excluding carboxylic acids is 3. The zero-order chi connectivity index (χ0) is 31.1. The molecule has 1 aromatic rings. The number of carboxylic acid groups (broad SMARTS) is 1. The Morgan fingerprint density at radius 2 is 1.30 bits per heavy atom. The van der Waals surface area contributed by atoms with E-state index in [4.69, 9.17) is 18.9 Å². The van der Waals surface area contributed by atoms with Crippen LogP contribution in [0.4, 0.5) is 4.79 Å². The zero-order valence-electron chi connectivity index (χ0n) is 25.9. The molecule has 40 heavy (non-hydrogen) atoms. The maximum atomic E-state index is 12.7. The Morgan fingerprint density at radius 3 is 1.73 bits per heavy atom. The van der Waals surface area contributed by atoms with Crippen molar-refractivity contribution >= 4 is 24.1 Å². The van der Waals surface area contributed by atoms with Gasteiger partial charge in [-0.2, -0.15) is 0 Å². The van der Waals surface area contributed by atoms with Crippen molar-refractivity contribution in [2.45, 2.75) is 107 Å². The summed E-state index contributed by atoms with van der Waals surface area (Å²) in [7, 11) is 0. The fraction of sp³-hybridized carbons (Fsp3) is 0.667. The van der Waals surface area contributed by atoms with Gasteiger partial charge < -0.3 is 24.1 Å². The van der Waals surface area contributed by atoms with Gasteiger partial charge in [0.25, 0.3) is 5.72 Å². The molecule has 10 heteroatoms. The van der Waals surface area contributed by atoms with E-state index in [1.54, 1.807) is 13.8 Å². The van der Waals surface area contributed by atoms with Crippen molar-refractivity contribution in [3.05, 3.63) is 23.8 Å². The molecule has 0 amide bonds. The molecule has 0 bridgehead atoms. The number of hydrogen-bond acceptors (Lipinski definition) is 9. The van der Waals surface area contributed by atoms with Crippen LogP contribution >= 0.6 is 0 Å². The van der Waals surface area contributed by atoms with E-state index >= 15 is 0 Å². The molecule has 0 aliphatic heterocycles. The lowest BCUT2D eigenvalue weighted by Gasteiger charge is -2.32. The first kappa shape index (κ1) is 34.9. The van der Waals surface area contributed by atoms with Crippen molar-refractivity contribution in [2.75, 3.05) is 6.61 Å². The number of rotatable bonds is 11. The third-order valence-electron chi connectivity index (χ3n) is 5.01. The second-order valence-electron chi connectivity index (χ2n) is 14.0. The van der Waals surface area contributed by atoms with E-state index in [-0.39, 0.29) is 53.6 Å². The first-order chi connectivity index (χ1) is 18.0. The van der Waals surface area contributed by atoms with Crippen LogP contribution in [0, 0.1) is 16.2 Å². The van der Waals surface area contributed by atoms with Crippen LogP contribution in [0.25, 0.3) is 0 Å². The van der Waals surface area contributed by atoms with E-state index in [1.165, 1.54) is 18.2 Å². The highest BCUT2D eigenvalue weighted by Crippen LogP contribution is 2.33. The van der Waals surface area contributed by atoms with Crippen molar-refractivity contribution in [3.8, 4) is 11.5 Å². The molecular weight excluding hydrogens is 518 g/mol. The summed E-state index contributed by atoms with van der Waals surface area (Å²) < 4.78 is 21.7.